The highest BCUT2D eigenvalue weighted by Crippen LogP contribution is 2.18. The number of hydrogen-bond acceptors (Lipinski definition) is 1. The molecular weight excluding hydrogens is 200 g/mol. The van der Waals surface area contributed by atoms with Crippen LogP contribution in [0.25, 0.3) is 0 Å². The molecule has 0 saturated carbocycles. The van der Waals surface area contributed by atoms with Crippen molar-refractivity contribution in [1.82, 2.24) is 9.80 Å². The lowest BCUT2D eigenvalue weighted by Crippen LogP contribution is -2.49. The molecule has 0 aromatic carbocycles. The van der Waals surface area contributed by atoms with Crippen LogP contribution in [0, 0.1) is 11.8 Å². The Hall–Kier alpha value is -0.730. The number of urea groups is 1. The van der Waals surface area contributed by atoms with Crippen molar-refractivity contribution in [3.63, 3.8) is 0 Å². The summed E-state index contributed by atoms with van der Waals surface area (Å²) in [4.78, 5) is 16.1. The fourth-order valence-electron chi connectivity index (χ4n) is 2.21. The lowest BCUT2D eigenvalue weighted by Gasteiger charge is -2.37. The number of piperidine rings is 1. The van der Waals surface area contributed by atoms with Crippen molar-refractivity contribution in [2.45, 2.75) is 46.6 Å². The van der Waals surface area contributed by atoms with Gasteiger partial charge >= 0.3 is 6.03 Å². The van der Waals surface area contributed by atoms with Gasteiger partial charge in [-0.1, -0.05) is 20.8 Å². The highest BCUT2D eigenvalue weighted by atomic mass is 16.2. The first-order valence-corrected chi connectivity index (χ1v) is 6.45. The molecule has 0 aromatic rings. The Morgan fingerprint density at radius 2 is 2.00 bits per heavy atom. The number of rotatable bonds is 2. The van der Waals surface area contributed by atoms with Crippen LogP contribution in [0.2, 0.25) is 0 Å². The van der Waals surface area contributed by atoms with Crippen molar-refractivity contribution < 1.29 is 4.79 Å². The lowest BCUT2D eigenvalue weighted by molar-refractivity contribution is 0.120. The predicted molar refractivity (Wildman–Crippen MR) is 67.4 cm³/mol. The minimum atomic E-state index is 0.202. The van der Waals surface area contributed by atoms with Crippen LogP contribution in [0.1, 0.15) is 40.5 Å². The third-order valence-electron chi connectivity index (χ3n) is 3.80. The Balaban J connectivity index is 2.55. The first kappa shape index (κ1) is 13.3. The Bertz CT molecular complexity index is 236. The maximum absolute atomic E-state index is 12.2. The molecule has 0 spiro atoms. The second-order valence-corrected chi connectivity index (χ2v) is 5.57. The molecule has 1 fully saturated rings. The predicted octanol–water partition coefficient (Wildman–Crippen LogP) is 2.81. The molecular formula is C13H26N2O. The molecule has 2 amide bonds. The molecule has 0 N–H and O–H groups in total. The van der Waals surface area contributed by atoms with Gasteiger partial charge in [0.05, 0.1) is 0 Å². The van der Waals surface area contributed by atoms with Crippen molar-refractivity contribution in [2.75, 3.05) is 20.1 Å². The van der Waals surface area contributed by atoms with E-state index in [1.165, 1.54) is 6.42 Å². The van der Waals surface area contributed by atoms with E-state index < -0.39 is 0 Å². The first-order chi connectivity index (χ1) is 7.43. The number of hydrogen-bond donors (Lipinski definition) is 0. The van der Waals surface area contributed by atoms with E-state index >= 15 is 0 Å². The van der Waals surface area contributed by atoms with E-state index in [4.69, 9.17) is 0 Å². The zero-order chi connectivity index (χ0) is 12.3. The minimum absolute atomic E-state index is 0.202. The molecule has 1 saturated heterocycles. The van der Waals surface area contributed by atoms with Gasteiger partial charge < -0.3 is 9.80 Å². The van der Waals surface area contributed by atoms with Crippen LogP contribution in [-0.2, 0) is 0 Å². The van der Waals surface area contributed by atoms with Crippen LogP contribution in [0.4, 0.5) is 4.79 Å². The monoisotopic (exact) mass is 226 g/mol. The van der Waals surface area contributed by atoms with Gasteiger partial charge in [-0.25, -0.2) is 4.79 Å². The van der Waals surface area contributed by atoms with Gasteiger partial charge in [-0.15, -0.1) is 0 Å². The van der Waals surface area contributed by atoms with Crippen molar-refractivity contribution in [1.29, 1.82) is 0 Å². The van der Waals surface area contributed by atoms with Crippen LogP contribution in [0.15, 0.2) is 0 Å². The Labute approximate surface area is 99.8 Å². The SMILES string of the molecule is CC1CCCN(C(=O)N(C)C(C)C(C)C)C1. The van der Waals surface area contributed by atoms with Crippen LogP contribution in [0.3, 0.4) is 0 Å². The molecule has 1 aliphatic rings. The third-order valence-corrected chi connectivity index (χ3v) is 3.80. The highest BCUT2D eigenvalue weighted by Gasteiger charge is 2.26. The van der Waals surface area contributed by atoms with E-state index in [1.807, 2.05) is 16.8 Å². The van der Waals surface area contributed by atoms with Crippen molar-refractivity contribution in [2.24, 2.45) is 11.8 Å². The van der Waals surface area contributed by atoms with Crippen LogP contribution >= 0.6 is 0 Å². The number of carbonyl (C=O) groups excluding carboxylic acids is 1. The number of amides is 2. The molecule has 0 bridgehead atoms. The van der Waals surface area contributed by atoms with Crippen LogP contribution in [0.5, 0.6) is 0 Å². The van der Waals surface area contributed by atoms with Crippen molar-refractivity contribution >= 4 is 6.03 Å². The summed E-state index contributed by atoms with van der Waals surface area (Å²) in [7, 11) is 1.92. The molecule has 3 heteroatoms. The Morgan fingerprint density at radius 3 is 2.50 bits per heavy atom. The fourth-order valence-corrected chi connectivity index (χ4v) is 2.21. The standard InChI is InChI=1S/C13H26N2O/c1-10(2)12(4)14(5)13(16)15-8-6-7-11(3)9-15/h10-12H,6-9H2,1-5H3. The van der Waals surface area contributed by atoms with Crippen molar-refractivity contribution in [3.05, 3.63) is 0 Å². The number of carbonyl (C=O) groups is 1. The third kappa shape index (κ3) is 3.13. The zero-order valence-corrected chi connectivity index (χ0v) is 11.4. The molecule has 0 radical (unpaired) electrons. The summed E-state index contributed by atoms with van der Waals surface area (Å²) in [5, 5.41) is 0. The van der Waals surface area contributed by atoms with Gasteiger partial charge in [0.2, 0.25) is 0 Å². The van der Waals surface area contributed by atoms with Gasteiger partial charge in [-0.2, -0.15) is 0 Å². The maximum Gasteiger partial charge on any atom is 0.319 e. The lowest BCUT2D eigenvalue weighted by atomic mass is 10.0. The fraction of sp³-hybridized carbons (Fsp3) is 0.923. The van der Waals surface area contributed by atoms with Gasteiger partial charge in [0.15, 0.2) is 0 Å². The van der Waals surface area contributed by atoms with Gasteiger partial charge in [0, 0.05) is 26.2 Å². The molecule has 0 aliphatic carbocycles. The topological polar surface area (TPSA) is 23.6 Å². The van der Waals surface area contributed by atoms with E-state index in [1.54, 1.807) is 0 Å². The summed E-state index contributed by atoms with van der Waals surface area (Å²) in [6.07, 6.45) is 2.41. The summed E-state index contributed by atoms with van der Waals surface area (Å²) < 4.78 is 0. The van der Waals surface area contributed by atoms with E-state index in [2.05, 4.69) is 27.7 Å². The molecule has 2 unspecified atom stereocenters. The second kappa shape index (κ2) is 5.55. The molecule has 0 aromatic heterocycles. The average Bonchev–Trinajstić information content (AvgIpc) is 2.26. The summed E-state index contributed by atoms with van der Waals surface area (Å²) in [6.45, 7) is 10.5. The largest absolute Gasteiger partial charge is 0.325 e. The summed E-state index contributed by atoms with van der Waals surface area (Å²) in [5.74, 6) is 1.16. The number of likely N-dealkylation sites (tertiary alicyclic amines) is 1. The quantitative estimate of drug-likeness (QED) is 0.710. The van der Waals surface area contributed by atoms with E-state index in [0.29, 0.717) is 17.9 Å². The van der Waals surface area contributed by atoms with Gasteiger partial charge in [-0.3, -0.25) is 0 Å². The Morgan fingerprint density at radius 1 is 1.38 bits per heavy atom. The van der Waals surface area contributed by atoms with Crippen LogP contribution < -0.4 is 0 Å². The van der Waals surface area contributed by atoms with Crippen molar-refractivity contribution in [3.8, 4) is 0 Å². The number of nitrogens with zero attached hydrogens (tertiary/aromatic N) is 2. The molecule has 2 atom stereocenters. The summed E-state index contributed by atoms with van der Waals surface area (Å²) in [5.41, 5.74) is 0. The highest BCUT2D eigenvalue weighted by molar-refractivity contribution is 5.74. The molecule has 1 heterocycles. The molecule has 94 valence electrons. The molecule has 3 nitrogen and oxygen atoms in total. The normalized spacial score (nSPS) is 23.4. The van der Waals surface area contributed by atoms with E-state index in [-0.39, 0.29) is 6.03 Å². The average molecular weight is 226 g/mol. The molecule has 1 rings (SSSR count). The minimum Gasteiger partial charge on any atom is -0.325 e. The molecule has 16 heavy (non-hydrogen) atoms. The van der Waals surface area contributed by atoms with Gasteiger partial charge in [0.1, 0.15) is 0 Å². The summed E-state index contributed by atoms with van der Waals surface area (Å²) in [6, 6.07) is 0.512. The zero-order valence-electron chi connectivity index (χ0n) is 11.4. The Kier molecular flexibility index (Phi) is 4.63. The van der Waals surface area contributed by atoms with E-state index in [9.17, 15) is 4.79 Å². The first-order valence-electron chi connectivity index (χ1n) is 6.45. The smallest absolute Gasteiger partial charge is 0.319 e. The van der Waals surface area contributed by atoms with E-state index in [0.717, 1.165) is 19.5 Å². The maximum atomic E-state index is 12.2. The van der Waals surface area contributed by atoms with Gasteiger partial charge in [-0.05, 0) is 31.6 Å². The summed E-state index contributed by atoms with van der Waals surface area (Å²) >= 11 is 0. The molecule has 1 aliphatic heterocycles. The van der Waals surface area contributed by atoms with Crippen LogP contribution in [-0.4, -0.2) is 42.0 Å². The van der Waals surface area contributed by atoms with Gasteiger partial charge in [0.25, 0.3) is 0 Å². The second-order valence-electron chi connectivity index (χ2n) is 5.57.